The first-order valence-corrected chi connectivity index (χ1v) is 10.3. The van der Waals surface area contributed by atoms with Gasteiger partial charge >= 0.3 is 0 Å². The summed E-state index contributed by atoms with van der Waals surface area (Å²) < 4.78 is 0. The van der Waals surface area contributed by atoms with E-state index in [4.69, 9.17) is 0 Å². The second-order valence-electron chi connectivity index (χ2n) is 7.94. The standard InChI is InChI=1S/C23H27N5O2/c1-16-12-18-14-19(25-21(18)15-24-16)22(29)26-20(13-17-6-4-3-5-7-17)23(30)28-10-8-27(2)9-11-28/h3-7,12,14-15,20,25H,8-11,13H2,1-2H3,(H,26,29)/t20-/m0/s1. The number of aromatic nitrogens is 2. The van der Waals surface area contributed by atoms with Crippen molar-refractivity contribution in [3.05, 3.63) is 65.6 Å². The van der Waals surface area contributed by atoms with Gasteiger partial charge in [0.2, 0.25) is 5.91 Å². The van der Waals surface area contributed by atoms with Crippen LogP contribution in [0.3, 0.4) is 0 Å². The van der Waals surface area contributed by atoms with Crippen LogP contribution in [-0.4, -0.2) is 70.9 Å². The van der Waals surface area contributed by atoms with Gasteiger partial charge in [0.05, 0.1) is 11.7 Å². The Morgan fingerprint density at radius 3 is 2.60 bits per heavy atom. The van der Waals surface area contributed by atoms with Gasteiger partial charge in [-0.25, -0.2) is 0 Å². The van der Waals surface area contributed by atoms with Crippen molar-refractivity contribution in [1.29, 1.82) is 0 Å². The molecule has 0 spiro atoms. The fourth-order valence-electron chi connectivity index (χ4n) is 3.80. The lowest BCUT2D eigenvalue weighted by Gasteiger charge is -2.34. The van der Waals surface area contributed by atoms with Gasteiger partial charge in [0.1, 0.15) is 11.7 Å². The fourth-order valence-corrected chi connectivity index (χ4v) is 3.80. The first-order valence-electron chi connectivity index (χ1n) is 10.3. The molecule has 4 rings (SSSR count). The summed E-state index contributed by atoms with van der Waals surface area (Å²) in [7, 11) is 2.05. The molecule has 2 aromatic heterocycles. The molecule has 3 heterocycles. The molecular weight excluding hydrogens is 378 g/mol. The number of H-pyrrole nitrogens is 1. The van der Waals surface area contributed by atoms with E-state index >= 15 is 0 Å². The summed E-state index contributed by atoms with van der Waals surface area (Å²) in [5.41, 5.74) is 3.14. The molecule has 1 atom stereocenters. The molecule has 0 saturated carbocycles. The number of pyridine rings is 1. The average Bonchev–Trinajstić information content (AvgIpc) is 3.17. The van der Waals surface area contributed by atoms with E-state index in [0.717, 1.165) is 35.2 Å². The number of likely N-dealkylation sites (N-methyl/N-ethyl adjacent to an activating group) is 1. The van der Waals surface area contributed by atoms with Crippen molar-refractivity contribution in [3.8, 4) is 0 Å². The minimum Gasteiger partial charge on any atom is -0.349 e. The highest BCUT2D eigenvalue weighted by Gasteiger charge is 2.28. The smallest absolute Gasteiger partial charge is 0.268 e. The Morgan fingerprint density at radius 1 is 1.13 bits per heavy atom. The van der Waals surface area contributed by atoms with E-state index in [9.17, 15) is 9.59 Å². The number of benzene rings is 1. The summed E-state index contributed by atoms with van der Waals surface area (Å²) in [5, 5.41) is 3.90. The van der Waals surface area contributed by atoms with E-state index in [1.807, 2.05) is 48.2 Å². The maximum Gasteiger partial charge on any atom is 0.268 e. The number of rotatable bonds is 5. The maximum absolute atomic E-state index is 13.3. The Balaban J connectivity index is 1.54. The molecule has 1 aliphatic heterocycles. The number of piperazine rings is 1. The van der Waals surface area contributed by atoms with Crippen LogP contribution in [-0.2, 0) is 11.2 Å². The van der Waals surface area contributed by atoms with Crippen LogP contribution in [0.4, 0.5) is 0 Å². The summed E-state index contributed by atoms with van der Waals surface area (Å²) in [4.78, 5) is 37.7. The van der Waals surface area contributed by atoms with Crippen molar-refractivity contribution in [2.24, 2.45) is 0 Å². The SMILES string of the molecule is Cc1cc2cc(C(=O)N[C@@H](Cc3ccccc3)C(=O)N3CCN(C)CC3)[nH]c2cn1. The van der Waals surface area contributed by atoms with Gasteiger partial charge in [-0.1, -0.05) is 30.3 Å². The molecule has 7 nitrogen and oxygen atoms in total. The molecule has 1 aromatic carbocycles. The predicted octanol–water partition coefficient (Wildman–Crippen LogP) is 1.99. The molecule has 2 N–H and O–H groups in total. The third-order valence-electron chi connectivity index (χ3n) is 5.59. The van der Waals surface area contributed by atoms with Crippen LogP contribution in [0.25, 0.3) is 10.9 Å². The molecule has 1 fully saturated rings. The Labute approximate surface area is 176 Å². The van der Waals surface area contributed by atoms with E-state index < -0.39 is 6.04 Å². The number of carbonyl (C=O) groups excluding carboxylic acids is 2. The summed E-state index contributed by atoms with van der Waals surface area (Å²) in [6.45, 7) is 4.94. The van der Waals surface area contributed by atoms with E-state index in [1.54, 1.807) is 12.3 Å². The highest BCUT2D eigenvalue weighted by Crippen LogP contribution is 2.16. The molecule has 0 aliphatic carbocycles. The van der Waals surface area contributed by atoms with Gasteiger partial charge in [0.25, 0.3) is 5.91 Å². The highest BCUT2D eigenvalue weighted by atomic mass is 16.2. The zero-order valence-electron chi connectivity index (χ0n) is 17.4. The van der Waals surface area contributed by atoms with Crippen molar-refractivity contribution in [2.45, 2.75) is 19.4 Å². The molecule has 30 heavy (non-hydrogen) atoms. The number of hydrogen-bond donors (Lipinski definition) is 2. The molecule has 1 saturated heterocycles. The number of aryl methyl sites for hydroxylation is 1. The second-order valence-corrected chi connectivity index (χ2v) is 7.94. The van der Waals surface area contributed by atoms with Crippen LogP contribution in [0, 0.1) is 6.92 Å². The number of nitrogens with one attached hydrogen (secondary N) is 2. The molecule has 7 heteroatoms. The van der Waals surface area contributed by atoms with Gasteiger partial charge < -0.3 is 20.1 Å². The minimum absolute atomic E-state index is 0.0334. The molecular formula is C23H27N5O2. The molecule has 0 bridgehead atoms. The lowest BCUT2D eigenvalue weighted by molar-refractivity contribution is -0.134. The van der Waals surface area contributed by atoms with Crippen LogP contribution >= 0.6 is 0 Å². The summed E-state index contributed by atoms with van der Waals surface area (Å²) in [6, 6.07) is 12.9. The van der Waals surface area contributed by atoms with Crippen LogP contribution < -0.4 is 5.32 Å². The minimum atomic E-state index is -0.616. The highest BCUT2D eigenvalue weighted by molar-refractivity contribution is 6.00. The van der Waals surface area contributed by atoms with Crippen LogP contribution in [0.15, 0.2) is 48.7 Å². The van der Waals surface area contributed by atoms with Crippen molar-refractivity contribution < 1.29 is 9.59 Å². The third-order valence-corrected chi connectivity index (χ3v) is 5.59. The topological polar surface area (TPSA) is 81.3 Å². The molecule has 0 radical (unpaired) electrons. The fraction of sp³-hybridized carbons (Fsp3) is 0.348. The van der Waals surface area contributed by atoms with Gasteiger partial charge in [-0.3, -0.25) is 14.6 Å². The summed E-state index contributed by atoms with van der Waals surface area (Å²) >= 11 is 0. The molecule has 1 aliphatic rings. The van der Waals surface area contributed by atoms with Crippen LogP contribution in [0.1, 0.15) is 21.7 Å². The number of carbonyl (C=O) groups is 2. The lowest BCUT2D eigenvalue weighted by atomic mass is 10.0. The zero-order chi connectivity index (χ0) is 21.1. The van der Waals surface area contributed by atoms with Crippen molar-refractivity contribution >= 4 is 22.7 Å². The second kappa shape index (κ2) is 8.67. The average molecular weight is 406 g/mol. The van der Waals surface area contributed by atoms with Crippen molar-refractivity contribution in [3.63, 3.8) is 0 Å². The first-order chi connectivity index (χ1) is 14.5. The monoisotopic (exact) mass is 405 g/mol. The van der Waals surface area contributed by atoms with Gasteiger partial charge in [-0.2, -0.15) is 0 Å². The first kappa shape index (κ1) is 20.1. The lowest BCUT2D eigenvalue weighted by Crippen LogP contribution is -2.55. The molecule has 3 aromatic rings. The maximum atomic E-state index is 13.3. The molecule has 156 valence electrons. The zero-order valence-corrected chi connectivity index (χ0v) is 17.4. The normalized spacial score (nSPS) is 15.9. The van der Waals surface area contributed by atoms with E-state index in [2.05, 4.69) is 27.2 Å². The van der Waals surface area contributed by atoms with Gasteiger partial charge in [0, 0.05) is 43.7 Å². The van der Waals surface area contributed by atoms with Crippen molar-refractivity contribution in [1.82, 2.24) is 25.1 Å². The summed E-state index contributed by atoms with van der Waals surface area (Å²) in [6.07, 6.45) is 2.18. The number of amides is 2. The Morgan fingerprint density at radius 2 is 1.87 bits per heavy atom. The Hall–Kier alpha value is -3.19. The van der Waals surface area contributed by atoms with E-state index in [0.29, 0.717) is 25.2 Å². The van der Waals surface area contributed by atoms with Crippen molar-refractivity contribution in [2.75, 3.05) is 33.2 Å². The third kappa shape index (κ3) is 4.52. The number of nitrogens with zero attached hydrogens (tertiary/aromatic N) is 3. The molecule has 2 amide bonds. The summed E-state index contributed by atoms with van der Waals surface area (Å²) in [5.74, 6) is -0.318. The number of fused-ring (bicyclic) bond motifs is 1. The van der Waals surface area contributed by atoms with Gasteiger partial charge in [-0.15, -0.1) is 0 Å². The van der Waals surface area contributed by atoms with Crippen LogP contribution in [0.2, 0.25) is 0 Å². The predicted molar refractivity (Wildman–Crippen MR) is 116 cm³/mol. The Kier molecular flexibility index (Phi) is 5.81. The van der Waals surface area contributed by atoms with E-state index in [1.165, 1.54) is 0 Å². The van der Waals surface area contributed by atoms with Gasteiger partial charge in [-0.05, 0) is 31.7 Å². The number of hydrogen-bond acceptors (Lipinski definition) is 4. The molecule has 0 unspecified atom stereocenters. The van der Waals surface area contributed by atoms with Gasteiger partial charge in [0.15, 0.2) is 0 Å². The quantitative estimate of drug-likeness (QED) is 0.680. The van der Waals surface area contributed by atoms with Crippen LogP contribution in [0.5, 0.6) is 0 Å². The van der Waals surface area contributed by atoms with E-state index in [-0.39, 0.29) is 11.8 Å². The number of aromatic amines is 1. The Bertz CT molecular complexity index is 1040. The largest absolute Gasteiger partial charge is 0.349 e.